The average Bonchev–Trinajstić information content (AvgIpc) is 3.74. The highest BCUT2D eigenvalue weighted by atomic mass is 32.2. The summed E-state index contributed by atoms with van der Waals surface area (Å²) in [6.07, 6.45) is 6.89. The van der Waals surface area contributed by atoms with E-state index in [-0.39, 0.29) is 55.9 Å². The van der Waals surface area contributed by atoms with Crippen LogP contribution in [0.1, 0.15) is 52.7 Å². The smallest absolute Gasteiger partial charge is 0.264 e. The lowest BCUT2D eigenvalue weighted by atomic mass is 9.99. The Balaban J connectivity index is 1.07. The van der Waals surface area contributed by atoms with E-state index in [9.17, 15) is 27.6 Å². The molecule has 0 bridgehead atoms. The second-order valence-corrected chi connectivity index (χ2v) is 16.4. The highest BCUT2D eigenvalue weighted by molar-refractivity contribution is 7.88. The number of aromatic nitrogens is 3. The summed E-state index contributed by atoms with van der Waals surface area (Å²) in [5, 5.41) is 8.75. The fraction of sp³-hybridized carbons (Fsp3) is 0.378. The zero-order valence-corrected chi connectivity index (χ0v) is 30.9. The van der Waals surface area contributed by atoms with Crippen LogP contribution in [-0.4, -0.2) is 89.2 Å². The van der Waals surface area contributed by atoms with E-state index in [1.54, 1.807) is 36.0 Å². The van der Waals surface area contributed by atoms with E-state index in [0.717, 1.165) is 64.7 Å². The van der Waals surface area contributed by atoms with Crippen LogP contribution in [0.4, 0.5) is 0 Å². The molecule has 15 heteroatoms. The number of nitrogens with zero attached hydrogens (tertiary/aromatic N) is 5. The van der Waals surface area contributed by atoms with Crippen LogP contribution in [0.25, 0.3) is 32.1 Å². The Morgan fingerprint density at radius 1 is 1.00 bits per heavy atom. The van der Waals surface area contributed by atoms with Crippen LogP contribution in [0.2, 0.25) is 0 Å². The predicted octanol–water partition coefficient (Wildman–Crippen LogP) is 3.89. The van der Waals surface area contributed by atoms with Gasteiger partial charge in [-0.2, -0.15) is 9.40 Å². The van der Waals surface area contributed by atoms with Crippen molar-refractivity contribution in [3.05, 3.63) is 81.2 Å². The minimum absolute atomic E-state index is 0.200. The first-order valence-corrected chi connectivity index (χ1v) is 19.9. The van der Waals surface area contributed by atoms with Crippen molar-refractivity contribution >= 4 is 60.1 Å². The molecule has 0 aliphatic carbocycles. The van der Waals surface area contributed by atoms with Gasteiger partial charge in [0.15, 0.2) is 0 Å². The molecule has 13 nitrogen and oxygen atoms in total. The standard InChI is InChI=1S/C37H40N6O7S2/c1-40-22-27(34-26(36(40)46)21-32(51-34)37(47)41-16-18-42(19-17-41)52(3,48)49)24-13-12-23(31(20-24)50-2)8-4-6-10-28-25-9-5-7-11-29(25)43(39-28)30-14-15-33(44)38-35(30)45/h5,7,9,11-13,20-22,30H,4,6,8,10,14-19H2,1-3H3,(H,38,44,45). The lowest BCUT2D eigenvalue weighted by Crippen LogP contribution is -2.50. The molecule has 2 saturated heterocycles. The van der Waals surface area contributed by atoms with Gasteiger partial charge in [-0.25, -0.2) is 8.42 Å². The molecule has 1 N–H and O–H groups in total. The zero-order chi connectivity index (χ0) is 36.7. The van der Waals surface area contributed by atoms with Gasteiger partial charge in [0.1, 0.15) is 11.8 Å². The summed E-state index contributed by atoms with van der Waals surface area (Å²) >= 11 is 1.27. The molecule has 7 rings (SSSR count). The Morgan fingerprint density at radius 2 is 1.75 bits per heavy atom. The first-order chi connectivity index (χ1) is 24.9. The summed E-state index contributed by atoms with van der Waals surface area (Å²) in [5.41, 5.74) is 4.31. The lowest BCUT2D eigenvalue weighted by Gasteiger charge is -2.32. The van der Waals surface area contributed by atoms with Crippen LogP contribution in [-0.2, 0) is 39.5 Å². The largest absolute Gasteiger partial charge is 0.496 e. The van der Waals surface area contributed by atoms with Gasteiger partial charge >= 0.3 is 0 Å². The van der Waals surface area contributed by atoms with Crippen LogP contribution in [0.3, 0.4) is 0 Å². The zero-order valence-electron chi connectivity index (χ0n) is 29.3. The molecule has 3 aromatic heterocycles. The van der Waals surface area contributed by atoms with Gasteiger partial charge in [-0.1, -0.05) is 30.3 Å². The number of hydrogen-bond acceptors (Lipinski definition) is 9. The highest BCUT2D eigenvalue weighted by Gasteiger charge is 2.31. The molecule has 1 atom stereocenters. The van der Waals surface area contributed by atoms with Crippen molar-refractivity contribution in [2.24, 2.45) is 7.05 Å². The lowest BCUT2D eigenvalue weighted by molar-refractivity contribution is -0.135. The number of methoxy groups -OCH3 is 1. The van der Waals surface area contributed by atoms with Crippen LogP contribution in [0.5, 0.6) is 5.75 Å². The number of para-hydroxylation sites is 1. The molecule has 1 unspecified atom stereocenters. The Morgan fingerprint density at radius 3 is 2.48 bits per heavy atom. The quantitative estimate of drug-likeness (QED) is 0.167. The molecule has 5 aromatic rings. The molecule has 2 aliphatic rings. The Labute approximate surface area is 304 Å². The molecular formula is C37H40N6O7S2. The minimum Gasteiger partial charge on any atom is -0.496 e. The van der Waals surface area contributed by atoms with Gasteiger partial charge in [0, 0.05) is 61.5 Å². The number of hydrogen-bond donors (Lipinski definition) is 1. The molecule has 2 aromatic carbocycles. The third-order valence-corrected chi connectivity index (χ3v) is 12.4. The van der Waals surface area contributed by atoms with Crippen molar-refractivity contribution in [2.75, 3.05) is 39.5 Å². The maximum atomic E-state index is 13.5. The maximum absolute atomic E-state index is 13.5. The van der Waals surface area contributed by atoms with E-state index in [0.29, 0.717) is 21.4 Å². The van der Waals surface area contributed by atoms with Crippen LogP contribution in [0.15, 0.2) is 59.5 Å². The molecule has 52 heavy (non-hydrogen) atoms. The molecule has 5 heterocycles. The molecule has 0 spiro atoms. The number of carbonyl (C=O) groups excluding carboxylic acids is 3. The predicted molar refractivity (Wildman–Crippen MR) is 199 cm³/mol. The number of amides is 3. The molecule has 0 saturated carbocycles. The maximum Gasteiger partial charge on any atom is 0.264 e. The molecule has 3 amide bonds. The monoisotopic (exact) mass is 744 g/mol. The first kappa shape index (κ1) is 35.5. The molecule has 0 radical (unpaired) electrons. The van der Waals surface area contributed by atoms with Gasteiger partial charge in [-0.3, -0.25) is 29.2 Å². The number of nitrogens with one attached hydrogen (secondary N) is 1. The van der Waals surface area contributed by atoms with Gasteiger partial charge < -0.3 is 14.2 Å². The van der Waals surface area contributed by atoms with E-state index in [2.05, 4.69) is 5.32 Å². The summed E-state index contributed by atoms with van der Waals surface area (Å²) in [5.74, 6) is -0.0628. The summed E-state index contributed by atoms with van der Waals surface area (Å²) in [6, 6.07) is 15.0. The number of carbonyl (C=O) groups is 3. The van der Waals surface area contributed by atoms with Gasteiger partial charge in [0.25, 0.3) is 17.4 Å². The Bertz CT molecular complexity index is 2390. The summed E-state index contributed by atoms with van der Waals surface area (Å²) in [7, 11) is 0.00294. The van der Waals surface area contributed by atoms with E-state index in [1.165, 1.54) is 26.5 Å². The summed E-state index contributed by atoms with van der Waals surface area (Å²) < 4.78 is 35.1. The minimum atomic E-state index is -3.33. The number of benzene rings is 2. The molecule has 272 valence electrons. The van der Waals surface area contributed by atoms with Crippen molar-refractivity contribution in [3.8, 4) is 16.9 Å². The number of rotatable bonds is 10. The van der Waals surface area contributed by atoms with Gasteiger partial charge in [-0.05, 0) is 61.4 Å². The highest BCUT2D eigenvalue weighted by Crippen LogP contribution is 2.36. The second kappa shape index (κ2) is 14.3. The summed E-state index contributed by atoms with van der Waals surface area (Å²) in [4.78, 5) is 53.1. The third kappa shape index (κ3) is 6.87. The summed E-state index contributed by atoms with van der Waals surface area (Å²) in [6.45, 7) is 1.04. The number of ether oxygens (including phenoxy) is 1. The van der Waals surface area contributed by atoms with E-state index >= 15 is 0 Å². The number of piperidine rings is 1. The first-order valence-electron chi connectivity index (χ1n) is 17.3. The number of imide groups is 1. The van der Waals surface area contributed by atoms with Crippen LogP contribution >= 0.6 is 11.3 Å². The topological polar surface area (TPSA) is 153 Å². The van der Waals surface area contributed by atoms with Gasteiger partial charge in [0.2, 0.25) is 15.9 Å². The molecule has 2 fully saturated rings. The normalized spacial score (nSPS) is 17.2. The van der Waals surface area contributed by atoms with Crippen LogP contribution in [0, 0.1) is 0 Å². The molecular weight excluding hydrogens is 705 g/mol. The Hall–Kier alpha value is -4.86. The molecule has 2 aliphatic heterocycles. The number of piperazine rings is 1. The van der Waals surface area contributed by atoms with Gasteiger partial charge in [0.05, 0.1) is 34.8 Å². The van der Waals surface area contributed by atoms with Crippen molar-refractivity contribution in [3.63, 3.8) is 0 Å². The van der Waals surface area contributed by atoms with Crippen molar-refractivity contribution in [1.29, 1.82) is 0 Å². The SMILES string of the molecule is COc1cc(-c2cn(C)c(=O)c3cc(C(=O)N4CCN(S(C)(=O)=O)CC4)sc23)ccc1CCCCc1nn(C2CCC(=O)NC2=O)c2ccccc12. The number of pyridine rings is 1. The Kier molecular flexibility index (Phi) is 9.76. The average molecular weight is 745 g/mol. The number of aryl methyl sites for hydroxylation is 3. The van der Waals surface area contributed by atoms with Crippen molar-refractivity contribution < 1.29 is 27.5 Å². The number of thiophene rings is 1. The fourth-order valence-corrected chi connectivity index (χ4v) is 9.14. The van der Waals surface area contributed by atoms with Gasteiger partial charge in [-0.15, -0.1) is 11.3 Å². The van der Waals surface area contributed by atoms with Crippen molar-refractivity contribution in [1.82, 2.24) is 28.9 Å². The number of fused-ring (bicyclic) bond motifs is 2. The van der Waals surface area contributed by atoms with Crippen LogP contribution < -0.4 is 15.6 Å². The van der Waals surface area contributed by atoms with E-state index < -0.39 is 16.1 Å². The van der Waals surface area contributed by atoms with E-state index in [1.807, 2.05) is 42.5 Å². The third-order valence-electron chi connectivity index (χ3n) is 9.96. The fourth-order valence-electron chi connectivity index (χ4n) is 7.16. The van der Waals surface area contributed by atoms with Crippen molar-refractivity contribution in [2.45, 2.75) is 44.6 Å². The van der Waals surface area contributed by atoms with E-state index in [4.69, 9.17) is 9.84 Å². The second-order valence-electron chi connectivity index (χ2n) is 13.4. The number of sulfonamides is 1. The number of unbranched alkanes of at least 4 members (excludes halogenated alkanes) is 1.